The van der Waals surface area contributed by atoms with Gasteiger partial charge in [0.1, 0.15) is 0 Å². The van der Waals surface area contributed by atoms with Gasteiger partial charge in [-0.1, -0.05) is 65.8 Å². The highest BCUT2D eigenvalue weighted by molar-refractivity contribution is 5.81. The fourth-order valence-electron chi connectivity index (χ4n) is 2.30. The van der Waals surface area contributed by atoms with E-state index in [4.69, 9.17) is 5.21 Å². The smallest absolute Gasteiger partial charge is 0.0540 e. The molecule has 0 aliphatic rings. The Bertz CT molecular complexity index is 480. The van der Waals surface area contributed by atoms with Crippen molar-refractivity contribution in [2.24, 2.45) is 5.16 Å². The fourth-order valence-corrected chi connectivity index (χ4v) is 2.30. The molecule has 0 saturated heterocycles. The lowest BCUT2D eigenvalue weighted by atomic mass is 9.87. The van der Waals surface area contributed by atoms with Gasteiger partial charge in [0.2, 0.25) is 0 Å². The summed E-state index contributed by atoms with van der Waals surface area (Å²) in [5, 5.41) is 12.0. The minimum atomic E-state index is 0.346. The van der Waals surface area contributed by atoms with Crippen LogP contribution in [0.5, 0.6) is 0 Å². The van der Waals surface area contributed by atoms with E-state index >= 15 is 0 Å². The third-order valence-corrected chi connectivity index (χ3v) is 3.37. The highest BCUT2D eigenvalue weighted by atomic mass is 16.4. The quantitative estimate of drug-likeness (QED) is 0.476. The van der Waals surface area contributed by atoms with E-state index in [1.165, 1.54) is 11.1 Å². The van der Waals surface area contributed by atoms with Crippen molar-refractivity contribution in [3.05, 3.63) is 71.8 Å². The molecule has 0 unspecified atom stereocenters. The Morgan fingerprint density at radius 2 is 1.42 bits per heavy atom. The van der Waals surface area contributed by atoms with Crippen LogP contribution in [-0.4, -0.2) is 10.9 Å². The largest absolute Gasteiger partial charge is 0.411 e. The molecule has 0 atom stereocenters. The van der Waals surface area contributed by atoms with Crippen LogP contribution in [-0.2, 0) is 0 Å². The van der Waals surface area contributed by atoms with Crippen LogP contribution in [0.3, 0.4) is 0 Å². The van der Waals surface area contributed by atoms with Gasteiger partial charge in [0.05, 0.1) is 5.71 Å². The minimum absolute atomic E-state index is 0.346. The summed E-state index contributed by atoms with van der Waals surface area (Å²) in [6, 6.07) is 21.0. The molecular formula is C17H19NO. The highest BCUT2D eigenvalue weighted by Crippen LogP contribution is 2.29. The third kappa shape index (κ3) is 3.68. The van der Waals surface area contributed by atoms with Crippen LogP contribution in [0.25, 0.3) is 0 Å². The van der Waals surface area contributed by atoms with Crippen molar-refractivity contribution in [3.63, 3.8) is 0 Å². The van der Waals surface area contributed by atoms with Gasteiger partial charge in [-0.3, -0.25) is 0 Å². The Morgan fingerprint density at radius 3 is 1.84 bits per heavy atom. The highest BCUT2D eigenvalue weighted by Gasteiger charge is 2.13. The van der Waals surface area contributed by atoms with Gasteiger partial charge in [-0.05, 0) is 30.9 Å². The van der Waals surface area contributed by atoms with Crippen molar-refractivity contribution < 1.29 is 5.21 Å². The molecule has 0 aromatic heterocycles. The van der Waals surface area contributed by atoms with Crippen molar-refractivity contribution in [1.29, 1.82) is 0 Å². The monoisotopic (exact) mass is 253 g/mol. The van der Waals surface area contributed by atoms with Gasteiger partial charge >= 0.3 is 0 Å². The number of benzene rings is 2. The average molecular weight is 253 g/mol. The molecule has 2 aromatic rings. The second-order valence-electron chi connectivity index (χ2n) is 4.75. The summed E-state index contributed by atoms with van der Waals surface area (Å²) in [4.78, 5) is 0. The molecule has 1 N–H and O–H groups in total. The lowest BCUT2D eigenvalue weighted by molar-refractivity contribution is 0.317. The van der Waals surface area contributed by atoms with E-state index in [1.54, 1.807) is 0 Å². The van der Waals surface area contributed by atoms with Crippen LogP contribution in [0.15, 0.2) is 65.8 Å². The first kappa shape index (κ1) is 13.3. The van der Waals surface area contributed by atoms with E-state index in [-0.39, 0.29) is 0 Å². The number of rotatable bonds is 5. The Balaban J connectivity index is 2.24. The molecule has 0 bridgehead atoms. The maximum absolute atomic E-state index is 8.78. The summed E-state index contributed by atoms with van der Waals surface area (Å²) >= 11 is 0. The van der Waals surface area contributed by atoms with Gasteiger partial charge in [0.25, 0.3) is 0 Å². The molecule has 2 rings (SSSR count). The fraction of sp³-hybridized carbons (Fsp3) is 0.235. The van der Waals surface area contributed by atoms with E-state index in [0.717, 1.165) is 18.6 Å². The van der Waals surface area contributed by atoms with Crippen LogP contribution < -0.4 is 0 Å². The van der Waals surface area contributed by atoms with Gasteiger partial charge in [0, 0.05) is 5.92 Å². The molecular weight excluding hydrogens is 234 g/mol. The molecule has 0 fully saturated rings. The number of hydrogen-bond donors (Lipinski definition) is 1. The van der Waals surface area contributed by atoms with Crippen molar-refractivity contribution in [1.82, 2.24) is 0 Å². The van der Waals surface area contributed by atoms with Crippen molar-refractivity contribution in [2.45, 2.75) is 25.7 Å². The lowest BCUT2D eigenvalue weighted by Crippen LogP contribution is -2.04. The molecule has 0 amide bonds. The van der Waals surface area contributed by atoms with Gasteiger partial charge in [-0.25, -0.2) is 0 Å². The minimum Gasteiger partial charge on any atom is -0.411 e. The maximum atomic E-state index is 8.78. The third-order valence-electron chi connectivity index (χ3n) is 3.37. The Hall–Kier alpha value is -2.09. The molecule has 19 heavy (non-hydrogen) atoms. The predicted molar refractivity (Wildman–Crippen MR) is 78.9 cm³/mol. The molecule has 2 nitrogen and oxygen atoms in total. The molecule has 0 radical (unpaired) electrons. The molecule has 0 heterocycles. The zero-order chi connectivity index (χ0) is 13.5. The summed E-state index contributed by atoms with van der Waals surface area (Å²) in [7, 11) is 0. The number of hydrogen-bond acceptors (Lipinski definition) is 2. The van der Waals surface area contributed by atoms with Crippen LogP contribution >= 0.6 is 0 Å². The molecule has 98 valence electrons. The first-order chi connectivity index (χ1) is 9.31. The Morgan fingerprint density at radius 1 is 0.947 bits per heavy atom. The zero-order valence-electron chi connectivity index (χ0n) is 11.2. The second kappa shape index (κ2) is 6.74. The SMILES string of the molecule is C/C(CCC(c1ccccc1)c1ccccc1)=N\O. The summed E-state index contributed by atoms with van der Waals surface area (Å²) in [6.45, 7) is 1.85. The summed E-state index contributed by atoms with van der Waals surface area (Å²) in [5.41, 5.74) is 3.38. The normalized spacial score (nSPS) is 11.8. The van der Waals surface area contributed by atoms with Crippen LogP contribution in [0, 0.1) is 0 Å². The first-order valence-corrected chi connectivity index (χ1v) is 6.58. The Labute approximate surface area is 114 Å². The topological polar surface area (TPSA) is 32.6 Å². The van der Waals surface area contributed by atoms with Gasteiger partial charge in [-0.15, -0.1) is 0 Å². The first-order valence-electron chi connectivity index (χ1n) is 6.58. The van der Waals surface area contributed by atoms with Crippen LogP contribution in [0.4, 0.5) is 0 Å². The number of nitrogens with zero attached hydrogens (tertiary/aromatic N) is 1. The summed E-state index contributed by atoms with van der Waals surface area (Å²) < 4.78 is 0. The average Bonchev–Trinajstić information content (AvgIpc) is 2.49. The second-order valence-corrected chi connectivity index (χ2v) is 4.75. The van der Waals surface area contributed by atoms with E-state index < -0.39 is 0 Å². The molecule has 2 aromatic carbocycles. The van der Waals surface area contributed by atoms with E-state index in [9.17, 15) is 0 Å². The lowest BCUT2D eigenvalue weighted by Gasteiger charge is -2.17. The summed E-state index contributed by atoms with van der Waals surface area (Å²) in [6.07, 6.45) is 1.74. The van der Waals surface area contributed by atoms with Crippen molar-refractivity contribution in [2.75, 3.05) is 0 Å². The van der Waals surface area contributed by atoms with Gasteiger partial charge in [-0.2, -0.15) is 0 Å². The van der Waals surface area contributed by atoms with Gasteiger partial charge in [0.15, 0.2) is 0 Å². The van der Waals surface area contributed by atoms with Crippen molar-refractivity contribution >= 4 is 5.71 Å². The molecule has 0 aliphatic carbocycles. The molecule has 0 saturated carbocycles. The van der Waals surface area contributed by atoms with E-state index in [0.29, 0.717) is 5.92 Å². The van der Waals surface area contributed by atoms with Crippen LogP contribution in [0.2, 0.25) is 0 Å². The number of oxime groups is 1. The van der Waals surface area contributed by atoms with E-state index in [2.05, 4.69) is 53.7 Å². The maximum Gasteiger partial charge on any atom is 0.0540 e. The Kier molecular flexibility index (Phi) is 4.73. The molecule has 2 heteroatoms. The van der Waals surface area contributed by atoms with Gasteiger partial charge < -0.3 is 5.21 Å². The predicted octanol–water partition coefficient (Wildman–Crippen LogP) is 4.45. The molecule has 0 spiro atoms. The van der Waals surface area contributed by atoms with Crippen LogP contribution in [0.1, 0.15) is 36.8 Å². The standard InChI is InChI=1S/C17H19NO/c1-14(18-19)12-13-17(15-8-4-2-5-9-15)16-10-6-3-7-11-16/h2-11,17,19H,12-13H2,1H3/b18-14+. The van der Waals surface area contributed by atoms with Crippen molar-refractivity contribution in [3.8, 4) is 0 Å². The molecule has 0 aliphatic heterocycles. The summed E-state index contributed by atoms with van der Waals surface area (Å²) in [5.74, 6) is 0.346. The van der Waals surface area contributed by atoms with E-state index in [1.807, 2.05) is 19.1 Å². The zero-order valence-corrected chi connectivity index (χ0v) is 11.2.